The van der Waals surface area contributed by atoms with E-state index in [2.05, 4.69) is 38.2 Å². The normalized spacial score (nSPS) is 13.5. The Morgan fingerprint density at radius 2 is 0.981 bits per heavy atom. The third-order valence-electron chi connectivity index (χ3n) is 9.34. The number of phosphoric ester groups is 1. The minimum atomic E-state index is -4.37. The van der Waals surface area contributed by atoms with Crippen molar-refractivity contribution < 1.29 is 37.6 Å². The number of esters is 2. The number of ether oxygens (including phenoxy) is 2. The molecule has 2 unspecified atom stereocenters. The van der Waals surface area contributed by atoms with Gasteiger partial charge in [-0.25, -0.2) is 4.57 Å². The minimum Gasteiger partial charge on any atom is -0.462 e. The van der Waals surface area contributed by atoms with Crippen molar-refractivity contribution in [2.45, 2.75) is 213 Å². The molecule has 0 saturated heterocycles. The lowest BCUT2D eigenvalue weighted by Crippen LogP contribution is -2.29. The smallest absolute Gasteiger partial charge is 0.462 e. The first-order valence-electron chi connectivity index (χ1n) is 21.8. The molecule has 0 bridgehead atoms. The number of nitrogens with two attached hydrogens (primary N) is 1. The van der Waals surface area contributed by atoms with Crippen molar-refractivity contribution in [2.75, 3.05) is 26.4 Å². The molecular weight excluding hydrogens is 689 g/mol. The van der Waals surface area contributed by atoms with Crippen molar-refractivity contribution in [3.63, 3.8) is 0 Å². The van der Waals surface area contributed by atoms with E-state index >= 15 is 0 Å². The molecule has 9 nitrogen and oxygen atoms in total. The quantitative estimate of drug-likeness (QED) is 0.0269. The molecule has 0 aromatic heterocycles. The Hall–Kier alpha value is -1.51. The highest BCUT2D eigenvalue weighted by Crippen LogP contribution is 2.43. The number of hydrogen-bond acceptors (Lipinski definition) is 8. The summed E-state index contributed by atoms with van der Waals surface area (Å²) in [6, 6.07) is 0. The summed E-state index contributed by atoms with van der Waals surface area (Å²) >= 11 is 0. The van der Waals surface area contributed by atoms with Gasteiger partial charge in [0.2, 0.25) is 0 Å². The van der Waals surface area contributed by atoms with Gasteiger partial charge in [0.1, 0.15) is 6.61 Å². The molecule has 0 fully saturated rings. The second-order valence-corrected chi connectivity index (χ2v) is 16.0. The van der Waals surface area contributed by atoms with Crippen LogP contribution in [0, 0.1) is 0 Å². The van der Waals surface area contributed by atoms with Crippen LogP contribution in [-0.2, 0) is 32.7 Å². The third-order valence-corrected chi connectivity index (χ3v) is 10.3. The lowest BCUT2D eigenvalue weighted by Gasteiger charge is -2.19. The summed E-state index contributed by atoms with van der Waals surface area (Å²) in [7, 11) is -4.37. The predicted octanol–water partition coefficient (Wildman–Crippen LogP) is 12.4. The van der Waals surface area contributed by atoms with E-state index in [1.807, 2.05) is 0 Å². The first-order chi connectivity index (χ1) is 25.8. The molecule has 0 spiro atoms. The zero-order valence-corrected chi connectivity index (χ0v) is 35.2. The van der Waals surface area contributed by atoms with E-state index in [0.29, 0.717) is 6.42 Å². The Morgan fingerprint density at radius 1 is 0.566 bits per heavy atom. The number of unbranched alkanes of at least 4 members (excludes halogenated alkanes) is 24. The highest BCUT2D eigenvalue weighted by Gasteiger charge is 2.26. The fraction of sp³-hybridized carbons (Fsp3) is 0.860. The van der Waals surface area contributed by atoms with E-state index in [9.17, 15) is 19.0 Å². The summed E-state index contributed by atoms with van der Waals surface area (Å²) in [5, 5.41) is 0. The van der Waals surface area contributed by atoms with Crippen molar-refractivity contribution in [3.05, 3.63) is 24.3 Å². The molecular formula is C43H82NO8P. The molecule has 2 atom stereocenters. The molecule has 312 valence electrons. The van der Waals surface area contributed by atoms with Gasteiger partial charge in [0.15, 0.2) is 6.10 Å². The van der Waals surface area contributed by atoms with E-state index in [0.717, 1.165) is 51.4 Å². The fourth-order valence-electron chi connectivity index (χ4n) is 6.08. The molecule has 0 saturated carbocycles. The summed E-state index contributed by atoms with van der Waals surface area (Å²) in [6.45, 7) is 3.72. The van der Waals surface area contributed by atoms with Gasteiger partial charge in [-0.05, 0) is 44.9 Å². The summed E-state index contributed by atoms with van der Waals surface area (Å²) in [5.74, 6) is -0.830. The van der Waals surface area contributed by atoms with Crippen molar-refractivity contribution in [1.29, 1.82) is 0 Å². The van der Waals surface area contributed by atoms with E-state index < -0.39 is 26.5 Å². The van der Waals surface area contributed by atoms with Crippen LogP contribution < -0.4 is 5.73 Å². The molecule has 0 heterocycles. The average Bonchev–Trinajstić information content (AvgIpc) is 3.14. The number of allylic oxidation sites excluding steroid dienone is 4. The molecule has 0 aromatic carbocycles. The summed E-state index contributed by atoms with van der Waals surface area (Å²) in [4.78, 5) is 34.9. The van der Waals surface area contributed by atoms with Crippen LogP contribution in [0.4, 0.5) is 0 Å². The van der Waals surface area contributed by atoms with Gasteiger partial charge in [0, 0.05) is 19.4 Å². The molecule has 53 heavy (non-hydrogen) atoms. The van der Waals surface area contributed by atoms with Gasteiger partial charge in [-0.2, -0.15) is 0 Å². The SMILES string of the molecule is CCCCCC=CCC=CCCCCCCCCCC(=O)OC(COC(=O)CCCCCCCCCCCCCCCCC)COP(=O)(O)OCCN. The molecule has 0 amide bonds. The summed E-state index contributed by atoms with van der Waals surface area (Å²) < 4.78 is 32.8. The maximum Gasteiger partial charge on any atom is 0.472 e. The molecule has 0 rings (SSSR count). The van der Waals surface area contributed by atoms with Gasteiger partial charge in [-0.3, -0.25) is 18.6 Å². The maximum absolute atomic E-state index is 12.6. The highest BCUT2D eigenvalue weighted by atomic mass is 31.2. The van der Waals surface area contributed by atoms with Crippen LogP contribution in [0.2, 0.25) is 0 Å². The Labute approximate surface area is 325 Å². The largest absolute Gasteiger partial charge is 0.472 e. The number of hydrogen-bond donors (Lipinski definition) is 2. The van der Waals surface area contributed by atoms with Crippen LogP contribution in [0.5, 0.6) is 0 Å². The van der Waals surface area contributed by atoms with E-state index in [4.69, 9.17) is 24.3 Å². The lowest BCUT2D eigenvalue weighted by atomic mass is 10.0. The van der Waals surface area contributed by atoms with Crippen LogP contribution in [-0.4, -0.2) is 49.3 Å². The van der Waals surface area contributed by atoms with Crippen molar-refractivity contribution in [2.24, 2.45) is 5.73 Å². The van der Waals surface area contributed by atoms with Gasteiger partial charge < -0.3 is 20.1 Å². The Balaban J connectivity index is 4.14. The summed E-state index contributed by atoms with van der Waals surface area (Å²) in [6.07, 6.45) is 42.0. The van der Waals surface area contributed by atoms with Gasteiger partial charge in [-0.15, -0.1) is 0 Å². The minimum absolute atomic E-state index is 0.0535. The monoisotopic (exact) mass is 772 g/mol. The fourth-order valence-corrected chi connectivity index (χ4v) is 6.84. The van der Waals surface area contributed by atoms with Crippen molar-refractivity contribution in [1.82, 2.24) is 0 Å². The highest BCUT2D eigenvalue weighted by molar-refractivity contribution is 7.47. The second kappa shape index (κ2) is 40.2. The van der Waals surface area contributed by atoms with Gasteiger partial charge in [0.05, 0.1) is 13.2 Å². The van der Waals surface area contributed by atoms with Crippen LogP contribution in [0.3, 0.4) is 0 Å². The van der Waals surface area contributed by atoms with E-state index in [1.165, 1.54) is 122 Å². The van der Waals surface area contributed by atoms with Crippen LogP contribution >= 0.6 is 7.82 Å². The average molecular weight is 772 g/mol. The molecule has 0 aliphatic carbocycles. The van der Waals surface area contributed by atoms with Crippen LogP contribution in [0.15, 0.2) is 24.3 Å². The molecule has 3 N–H and O–H groups in total. The first kappa shape index (κ1) is 51.5. The van der Waals surface area contributed by atoms with Crippen LogP contribution in [0.1, 0.15) is 206 Å². The molecule has 0 aliphatic rings. The predicted molar refractivity (Wildman–Crippen MR) is 220 cm³/mol. The van der Waals surface area contributed by atoms with Gasteiger partial charge in [-0.1, -0.05) is 173 Å². The Morgan fingerprint density at radius 3 is 1.47 bits per heavy atom. The second-order valence-electron chi connectivity index (χ2n) is 14.6. The van der Waals surface area contributed by atoms with E-state index in [1.54, 1.807) is 0 Å². The molecule has 10 heteroatoms. The van der Waals surface area contributed by atoms with Crippen LogP contribution in [0.25, 0.3) is 0 Å². The Kier molecular flexibility index (Phi) is 39.0. The zero-order chi connectivity index (χ0) is 38.9. The number of rotatable bonds is 41. The number of carbonyl (C=O) groups excluding carboxylic acids is 2. The van der Waals surface area contributed by atoms with Crippen molar-refractivity contribution in [3.8, 4) is 0 Å². The molecule has 0 radical (unpaired) electrons. The van der Waals surface area contributed by atoms with Gasteiger partial charge >= 0.3 is 19.8 Å². The Bertz CT molecular complexity index is 928. The first-order valence-corrected chi connectivity index (χ1v) is 23.3. The van der Waals surface area contributed by atoms with Gasteiger partial charge in [0.25, 0.3) is 0 Å². The lowest BCUT2D eigenvalue weighted by molar-refractivity contribution is -0.161. The van der Waals surface area contributed by atoms with E-state index in [-0.39, 0.29) is 38.6 Å². The number of carbonyl (C=O) groups is 2. The standard InChI is InChI=1S/C43H82NO8P/c1-3-5-7-9-11-13-15-17-19-20-22-24-26-28-30-32-34-36-43(46)52-41(40-51-53(47,48)50-38-37-44)39-49-42(45)35-33-31-29-27-25-23-21-18-16-14-12-10-8-6-4-2/h11,13,17,19,41H,3-10,12,14-16,18,20-40,44H2,1-2H3,(H,47,48). The summed E-state index contributed by atoms with van der Waals surface area (Å²) in [5.41, 5.74) is 5.35. The zero-order valence-electron chi connectivity index (χ0n) is 34.3. The maximum atomic E-state index is 12.6. The topological polar surface area (TPSA) is 134 Å². The number of phosphoric acid groups is 1. The molecule has 0 aromatic rings. The van der Waals surface area contributed by atoms with Crippen molar-refractivity contribution >= 4 is 19.8 Å². The molecule has 0 aliphatic heterocycles. The third kappa shape index (κ3) is 40.0.